The fourth-order valence-electron chi connectivity index (χ4n) is 3.15. The number of rotatable bonds is 4. The molecule has 0 unspecified atom stereocenters. The zero-order chi connectivity index (χ0) is 20.5. The molecule has 4 rings (SSSR count). The van der Waals surface area contributed by atoms with Gasteiger partial charge < -0.3 is 19.3 Å². The average molecular weight is 432 g/mol. The summed E-state index contributed by atoms with van der Waals surface area (Å²) < 4.78 is 7.23. The Balaban J connectivity index is 1.67. The van der Waals surface area contributed by atoms with Crippen molar-refractivity contribution in [3.05, 3.63) is 80.3 Å². The van der Waals surface area contributed by atoms with Gasteiger partial charge in [-0.2, -0.15) is 0 Å². The second-order valence-corrected chi connectivity index (χ2v) is 7.28. The van der Waals surface area contributed by atoms with Crippen molar-refractivity contribution < 1.29 is 14.6 Å². The Labute approximate surface area is 175 Å². The molecule has 1 aliphatic heterocycles. The standard InChI is InChI=1S/C20H15Cl2N3O4/c21-14-4-3-12(8-15(14)22)11-24-6-7-25-17(29-13-2-1-5-23-10-13)9-16(26)19(27)18(25)20(24)28/h1-5,8-10,27H,6-7,11H2. The Morgan fingerprint density at radius 1 is 1.10 bits per heavy atom. The van der Waals surface area contributed by atoms with Crippen LogP contribution in [0.4, 0.5) is 0 Å². The van der Waals surface area contributed by atoms with E-state index in [9.17, 15) is 14.7 Å². The van der Waals surface area contributed by atoms with Crippen LogP contribution in [0.15, 0.2) is 53.6 Å². The normalized spacial score (nSPS) is 13.3. The number of nitrogens with zero attached hydrogens (tertiary/aromatic N) is 3. The van der Waals surface area contributed by atoms with E-state index in [0.29, 0.717) is 28.9 Å². The van der Waals surface area contributed by atoms with E-state index in [4.69, 9.17) is 27.9 Å². The van der Waals surface area contributed by atoms with Crippen LogP contribution in [0.1, 0.15) is 16.1 Å². The van der Waals surface area contributed by atoms with Crippen molar-refractivity contribution in [3.63, 3.8) is 0 Å². The topological polar surface area (TPSA) is 84.7 Å². The minimum Gasteiger partial charge on any atom is -0.503 e. The van der Waals surface area contributed by atoms with Crippen LogP contribution in [0.2, 0.25) is 10.0 Å². The molecule has 0 radical (unpaired) electrons. The largest absolute Gasteiger partial charge is 0.503 e. The molecule has 0 bridgehead atoms. The van der Waals surface area contributed by atoms with E-state index in [1.54, 1.807) is 36.5 Å². The highest BCUT2D eigenvalue weighted by atomic mass is 35.5. The smallest absolute Gasteiger partial charge is 0.274 e. The van der Waals surface area contributed by atoms with Crippen molar-refractivity contribution in [3.8, 4) is 17.4 Å². The predicted octanol–water partition coefficient (Wildman–Crippen LogP) is 3.70. The van der Waals surface area contributed by atoms with Gasteiger partial charge in [0.2, 0.25) is 11.3 Å². The zero-order valence-electron chi connectivity index (χ0n) is 15.0. The summed E-state index contributed by atoms with van der Waals surface area (Å²) in [6.07, 6.45) is 3.08. The quantitative estimate of drug-likeness (QED) is 0.680. The van der Waals surface area contributed by atoms with Gasteiger partial charge in [-0.3, -0.25) is 14.6 Å². The van der Waals surface area contributed by atoms with Gasteiger partial charge in [-0.25, -0.2) is 0 Å². The second kappa shape index (κ2) is 7.77. The number of fused-ring (bicyclic) bond motifs is 1. The summed E-state index contributed by atoms with van der Waals surface area (Å²) in [5.74, 6) is -0.503. The second-order valence-electron chi connectivity index (χ2n) is 6.46. The van der Waals surface area contributed by atoms with Gasteiger partial charge in [0.25, 0.3) is 5.91 Å². The fraction of sp³-hybridized carbons (Fsp3) is 0.150. The first-order valence-corrected chi connectivity index (χ1v) is 9.47. The summed E-state index contributed by atoms with van der Waals surface area (Å²) in [6.45, 7) is 0.959. The number of carbonyl (C=O) groups excluding carboxylic acids is 1. The van der Waals surface area contributed by atoms with Crippen molar-refractivity contribution in [1.82, 2.24) is 14.5 Å². The van der Waals surface area contributed by atoms with Crippen molar-refractivity contribution >= 4 is 29.1 Å². The van der Waals surface area contributed by atoms with E-state index < -0.39 is 17.1 Å². The number of pyridine rings is 2. The number of benzene rings is 1. The molecule has 0 fully saturated rings. The first-order chi connectivity index (χ1) is 13.9. The van der Waals surface area contributed by atoms with Crippen LogP contribution < -0.4 is 10.2 Å². The Morgan fingerprint density at radius 2 is 1.93 bits per heavy atom. The molecule has 2 aromatic heterocycles. The first kappa shape index (κ1) is 19.3. The van der Waals surface area contributed by atoms with Crippen molar-refractivity contribution in [1.29, 1.82) is 0 Å². The molecule has 148 valence electrons. The molecule has 1 N–H and O–H groups in total. The number of hydrogen-bond acceptors (Lipinski definition) is 5. The van der Waals surface area contributed by atoms with Gasteiger partial charge in [0, 0.05) is 25.8 Å². The van der Waals surface area contributed by atoms with Crippen LogP contribution in [0.3, 0.4) is 0 Å². The first-order valence-electron chi connectivity index (χ1n) is 8.72. The summed E-state index contributed by atoms with van der Waals surface area (Å²) in [7, 11) is 0. The maximum absolute atomic E-state index is 13.0. The van der Waals surface area contributed by atoms with Crippen molar-refractivity contribution in [2.75, 3.05) is 6.54 Å². The van der Waals surface area contributed by atoms with E-state index in [1.165, 1.54) is 15.7 Å². The Kier molecular flexibility index (Phi) is 5.17. The molecule has 1 amide bonds. The van der Waals surface area contributed by atoms with E-state index in [-0.39, 0.29) is 18.1 Å². The number of ether oxygens (including phenoxy) is 1. The van der Waals surface area contributed by atoms with E-state index >= 15 is 0 Å². The minimum atomic E-state index is -0.695. The molecule has 0 atom stereocenters. The van der Waals surface area contributed by atoms with Gasteiger partial charge in [0.15, 0.2) is 11.4 Å². The van der Waals surface area contributed by atoms with E-state index in [0.717, 1.165) is 11.6 Å². The lowest BCUT2D eigenvalue weighted by Gasteiger charge is -2.31. The van der Waals surface area contributed by atoms with Crippen LogP contribution in [0, 0.1) is 0 Å². The highest BCUT2D eigenvalue weighted by Gasteiger charge is 2.31. The third-order valence-corrected chi connectivity index (χ3v) is 5.28. The van der Waals surface area contributed by atoms with Gasteiger partial charge in [-0.15, -0.1) is 0 Å². The predicted molar refractivity (Wildman–Crippen MR) is 108 cm³/mol. The van der Waals surface area contributed by atoms with Crippen molar-refractivity contribution in [2.24, 2.45) is 0 Å². The number of carbonyl (C=O) groups is 1. The SMILES string of the molecule is O=C1c2c(O)c(=O)cc(Oc3cccnc3)n2CCN1Cc1ccc(Cl)c(Cl)c1. The third kappa shape index (κ3) is 3.79. The van der Waals surface area contributed by atoms with Gasteiger partial charge in [-0.05, 0) is 29.8 Å². The lowest BCUT2D eigenvalue weighted by Crippen LogP contribution is -2.41. The maximum Gasteiger partial charge on any atom is 0.274 e. The summed E-state index contributed by atoms with van der Waals surface area (Å²) >= 11 is 12.0. The number of aromatic hydroxyl groups is 1. The minimum absolute atomic E-state index is 0.109. The molecule has 3 aromatic rings. The Morgan fingerprint density at radius 3 is 2.66 bits per heavy atom. The summed E-state index contributed by atoms with van der Waals surface area (Å²) in [5, 5.41) is 11.1. The number of amides is 1. The third-order valence-electron chi connectivity index (χ3n) is 4.55. The van der Waals surface area contributed by atoms with Gasteiger partial charge in [0.05, 0.1) is 22.3 Å². The molecule has 0 saturated carbocycles. The molecule has 29 heavy (non-hydrogen) atoms. The average Bonchev–Trinajstić information content (AvgIpc) is 2.71. The number of hydrogen-bond donors (Lipinski definition) is 1. The van der Waals surface area contributed by atoms with Crippen LogP contribution >= 0.6 is 23.2 Å². The Hall–Kier alpha value is -3.03. The van der Waals surface area contributed by atoms with Crippen LogP contribution in [-0.2, 0) is 13.1 Å². The van der Waals surface area contributed by atoms with Gasteiger partial charge in [-0.1, -0.05) is 29.3 Å². The van der Waals surface area contributed by atoms with Crippen LogP contribution in [0.25, 0.3) is 0 Å². The van der Waals surface area contributed by atoms with Crippen LogP contribution in [-0.4, -0.2) is 32.0 Å². The molecule has 0 saturated heterocycles. The van der Waals surface area contributed by atoms with Gasteiger partial charge >= 0.3 is 0 Å². The van der Waals surface area contributed by atoms with E-state index in [2.05, 4.69) is 4.98 Å². The lowest BCUT2D eigenvalue weighted by molar-refractivity contribution is 0.0678. The molecule has 7 nitrogen and oxygen atoms in total. The summed E-state index contributed by atoms with van der Waals surface area (Å²) in [6, 6.07) is 9.64. The molecule has 0 spiro atoms. The lowest BCUT2D eigenvalue weighted by atomic mass is 10.1. The number of halogens is 2. The summed E-state index contributed by atoms with van der Waals surface area (Å²) in [5.41, 5.74) is -0.0200. The zero-order valence-corrected chi connectivity index (χ0v) is 16.5. The van der Waals surface area contributed by atoms with Crippen molar-refractivity contribution in [2.45, 2.75) is 13.1 Å². The van der Waals surface area contributed by atoms with Gasteiger partial charge in [0.1, 0.15) is 5.75 Å². The molecular formula is C20H15Cl2N3O4. The van der Waals surface area contributed by atoms with E-state index in [1.807, 2.05) is 0 Å². The molecular weight excluding hydrogens is 417 g/mol. The maximum atomic E-state index is 13.0. The molecule has 1 aromatic carbocycles. The molecule has 9 heteroatoms. The number of aromatic nitrogens is 2. The fourth-order valence-corrected chi connectivity index (χ4v) is 3.47. The molecule has 0 aliphatic carbocycles. The summed E-state index contributed by atoms with van der Waals surface area (Å²) in [4.78, 5) is 30.8. The molecule has 3 heterocycles. The highest BCUT2D eigenvalue weighted by Crippen LogP contribution is 2.29. The Bertz CT molecular complexity index is 1150. The monoisotopic (exact) mass is 431 g/mol. The molecule has 1 aliphatic rings. The van der Waals surface area contributed by atoms with Crippen LogP contribution in [0.5, 0.6) is 17.4 Å². The highest BCUT2D eigenvalue weighted by molar-refractivity contribution is 6.42.